The van der Waals surface area contributed by atoms with Gasteiger partial charge in [-0.2, -0.15) is 0 Å². The zero-order valence-electron chi connectivity index (χ0n) is 22.5. The van der Waals surface area contributed by atoms with E-state index in [9.17, 15) is 19.8 Å². The van der Waals surface area contributed by atoms with E-state index in [2.05, 4.69) is 56.4 Å². The summed E-state index contributed by atoms with van der Waals surface area (Å²) in [6, 6.07) is 13.0. The zero-order valence-corrected chi connectivity index (χ0v) is 22.5. The van der Waals surface area contributed by atoms with E-state index in [1.54, 1.807) is 0 Å². The number of likely N-dealkylation sites (N-methyl/N-ethyl adjacent to an activating group) is 2. The van der Waals surface area contributed by atoms with Gasteiger partial charge < -0.3 is 20.2 Å². The van der Waals surface area contributed by atoms with Crippen LogP contribution in [0.1, 0.15) is 22.3 Å². The Morgan fingerprint density at radius 2 is 1.15 bits per heavy atom. The van der Waals surface area contributed by atoms with E-state index in [-0.39, 0.29) is 0 Å². The first kappa shape index (κ1) is 24.9. The van der Waals surface area contributed by atoms with Crippen molar-refractivity contribution in [2.75, 3.05) is 27.2 Å². The van der Waals surface area contributed by atoms with E-state index >= 15 is 0 Å². The number of rotatable bonds is 2. The number of fused-ring (bicyclic) bond motifs is 4. The number of nitrogens with one attached hydrogen (secondary N) is 2. The Bertz CT molecular complexity index is 1620. The molecule has 4 heterocycles. The molecule has 4 aromatic rings. The maximum atomic E-state index is 11.3. The molecule has 0 saturated carbocycles. The second-order valence-corrected chi connectivity index (χ2v) is 11.5. The molecular weight excluding hydrogens is 504 g/mol. The molecule has 8 nitrogen and oxygen atoms in total. The summed E-state index contributed by atoms with van der Waals surface area (Å²) in [5, 5.41) is 21.2. The average Bonchev–Trinajstić information content (AvgIpc) is 3.56. The first-order valence-electron chi connectivity index (χ1n) is 13.8. The highest BCUT2D eigenvalue weighted by molar-refractivity contribution is 6.00. The van der Waals surface area contributed by atoms with Gasteiger partial charge >= 0.3 is 11.9 Å². The van der Waals surface area contributed by atoms with Crippen molar-refractivity contribution in [2.45, 2.75) is 24.9 Å². The number of carboxylic acid groups (broad SMARTS) is 2. The van der Waals surface area contributed by atoms with Crippen LogP contribution in [0, 0.1) is 11.8 Å². The molecule has 8 rings (SSSR count). The van der Waals surface area contributed by atoms with Gasteiger partial charge in [-0.3, -0.25) is 19.4 Å². The molecule has 2 aliphatic carbocycles. The van der Waals surface area contributed by atoms with Gasteiger partial charge in [0.05, 0.1) is 11.8 Å². The van der Waals surface area contributed by atoms with E-state index in [4.69, 9.17) is 0 Å². The molecule has 4 aliphatic rings. The summed E-state index contributed by atoms with van der Waals surface area (Å²) in [6.45, 7) is 1.17. The van der Waals surface area contributed by atoms with Crippen LogP contribution >= 0.6 is 0 Å². The summed E-state index contributed by atoms with van der Waals surface area (Å²) >= 11 is 0. The van der Waals surface area contributed by atoms with Crippen LogP contribution in [0.25, 0.3) is 33.0 Å². The van der Waals surface area contributed by atoms with Gasteiger partial charge in [-0.25, -0.2) is 0 Å². The van der Waals surface area contributed by atoms with E-state index in [1.165, 1.54) is 44.2 Å². The third-order valence-electron chi connectivity index (χ3n) is 9.17. The van der Waals surface area contributed by atoms with Crippen molar-refractivity contribution >= 4 is 44.9 Å². The van der Waals surface area contributed by atoms with Crippen molar-refractivity contribution in [1.82, 2.24) is 19.8 Å². The van der Waals surface area contributed by atoms with Gasteiger partial charge in [0.15, 0.2) is 0 Å². The normalized spacial score (nSPS) is 25.4. The Morgan fingerprint density at radius 1 is 0.725 bits per heavy atom. The minimum Gasteiger partial charge on any atom is -0.481 e. The number of aromatic nitrogens is 2. The highest BCUT2D eigenvalue weighted by Gasteiger charge is 2.36. The van der Waals surface area contributed by atoms with Crippen LogP contribution in [0.15, 0.2) is 60.9 Å². The van der Waals surface area contributed by atoms with Crippen molar-refractivity contribution < 1.29 is 19.8 Å². The predicted molar refractivity (Wildman–Crippen MR) is 155 cm³/mol. The molecule has 0 bridgehead atoms. The summed E-state index contributed by atoms with van der Waals surface area (Å²) in [5.41, 5.74) is 9.65. The van der Waals surface area contributed by atoms with Gasteiger partial charge in [0.25, 0.3) is 0 Å². The van der Waals surface area contributed by atoms with E-state index in [0.29, 0.717) is 25.2 Å². The number of aromatic amines is 2. The van der Waals surface area contributed by atoms with Crippen molar-refractivity contribution in [3.8, 4) is 0 Å². The second-order valence-electron chi connectivity index (χ2n) is 11.5. The topological polar surface area (TPSA) is 113 Å². The number of hydrogen-bond acceptors (Lipinski definition) is 4. The average molecular weight is 537 g/mol. The van der Waals surface area contributed by atoms with Crippen molar-refractivity contribution in [2.24, 2.45) is 11.8 Å². The molecule has 2 aliphatic heterocycles. The second kappa shape index (κ2) is 9.21. The number of H-pyrrole nitrogens is 2. The Morgan fingerprint density at radius 3 is 1.55 bits per heavy atom. The lowest BCUT2D eigenvalue weighted by Gasteiger charge is -2.38. The standard InChI is InChI=1S/2C16H16N2O2/c2*1-18-8-10(16(19)20)5-12-11-3-2-4-13-15(11)9(7-17-13)6-14(12)18/h2*2-5,7,10,14,17H,6,8H2,1H3,(H,19,20)/t2*10-,14-/m11/s1. The quantitative estimate of drug-likeness (QED) is 0.305. The molecule has 0 radical (unpaired) electrons. The lowest BCUT2D eigenvalue weighted by Crippen LogP contribution is -2.44. The van der Waals surface area contributed by atoms with Crippen molar-refractivity contribution in [3.05, 3.63) is 83.2 Å². The minimum atomic E-state index is -0.741. The van der Waals surface area contributed by atoms with Crippen LogP contribution in [0.3, 0.4) is 0 Å². The van der Waals surface area contributed by atoms with Gasteiger partial charge in [0, 0.05) is 59.4 Å². The maximum Gasteiger partial charge on any atom is 0.311 e. The number of carboxylic acids is 2. The monoisotopic (exact) mass is 536 g/mol. The van der Waals surface area contributed by atoms with E-state index in [1.807, 2.05) is 38.4 Å². The van der Waals surface area contributed by atoms with Crippen LogP contribution in [0.4, 0.5) is 0 Å². The highest BCUT2D eigenvalue weighted by Crippen LogP contribution is 2.42. The van der Waals surface area contributed by atoms with Crippen molar-refractivity contribution in [3.63, 3.8) is 0 Å². The lowest BCUT2D eigenvalue weighted by atomic mass is 9.80. The molecule has 0 spiro atoms. The Hall–Kier alpha value is -4.14. The van der Waals surface area contributed by atoms with Crippen LogP contribution in [-0.2, 0) is 22.4 Å². The molecule has 8 heteroatoms. The first-order chi connectivity index (χ1) is 19.3. The number of nitrogens with zero attached hydrogens (tertiary/aromatic N) is 2. The minimum absolute atomic E-state index is 0.291. The largest absolute Gasteiger partial charge is 0.481 e. The molecule has 4 atom stereocenters. The van der Waals surface area contributed by atoms with Gasteiger partial charge in [-0.15, -0.1) is 0 Å². The fourth-order valence-electron chi connectivity index (χ4n) is 7.21. The molecule has 40 heavy (non-hydrogen) atoms. The fourth-order valence-corrected chi connectivity index (χ4v) is 7.21. The molecule has 0 amide bonds. The van der Waals surface area contributed by atoms with Gasteiger partial charge in [-0.1, -0.05) is 36.4 Å². The van der Waals surface area contributed by atoms with Gasteiger partial charge in [0.2, 0.25) is 0 Å². The first-order valence-corrected chi connectivity index (χ1v) is 13.8. The van der Waals surface area contributed by atoms with Gasteiger partial charge in [0.1, 0.15) is 0 Å². The highest BCUT2D eigenvalue weighted by atomic mass is 16.4. The zero-order chi connectivity index (χ0) is 27.7. The molecule has 2 aromatic carbocycles. The van der Waals surface area contributed by atoms with Crippen LogP contribution in [0.2, 0.25) is 0 Å². The molecule has 0 fully saturated rings. The predicted octanol–water partition coefficient (Wildman–Crippen LogP) is 4.24. The van der Waals surface area contributed by atoms with Crippen molar-refractivity contribution in [1.29, 1.82) is 0 Å². The molecule has 0 unspecified atom stereocenters. The third-order valence-corrected chi connectivity index (χ3v) is 9.17. The van der Waals surface area contributed by atoms with Crippen LogP contribution in [-0.4, -0.2) is 81.2 Å². The third kappa shape index (κ3) is 3.82. The number of carbonyl (C=O) groups is 2. The fraction of sp³-hybridized carbons (Fsp3) is 0.312. The molecule has 204 valence electrons. The molecule has 0 saturated heterocycles. The number of hydrogen-bond donors (Lipinski definition) is 4. The summed E-state index contributed by atoms with van der Waals surface area (Å²) in [5.74, 6) is -2.31. The Kier molecular flexibility index (Phi) is 5.73. The van der Waals surface area contributed by atoms with Crippen LogP contribution in [0.5, 0.6) is 0 Å². The van der Waals surface area contributed by atoms with Gasteiger partial charge in [-0.05, 0) is 72.5 Å². The molecule has 4 N–H and O–H groups in total. The molecular formula is C32H32N4O4. The summed E-state index contributed by atoms with van der Waals surface area (Å²) in [4.78, 5) is 33.6. The number of aliphatic carboxylic acids is 2. The van der Waals surface area contributed by atoms with Crippen LogP contribution < -0.4 is 0 Å². The Labute approximate surface area is 231 Å². The van der Waals surface area contributed by atoms with E-state index < -0.39 is 23.8 Å². The SMILES string of the molecule is CN1C[C@H](C(=O)O)C=C2c3cccc4[nH]cc(c34)C[C@H]21.CN1C[C@H](C(=O)O)C=C2c3cccc4[nH]cc(c34)C[C@H]21. The maximum absolute atomic E-state index is 11.3. The molecule has 2 aromatic heterocycles. The summed E-state index contributed by atoms with van der Waals surface area (Å²) in [7, 11) is 4.04. The summed E-state index contributed by atoms with van der Waals surface area (Å²) < 4.78 is 0. The smallest absolute Gasteiger partial charge is 0.311 e. The summed E-state index contributed by atoms with van der Waals surface area (Å²) in [6.07, 6.45) is 9.98. The Balaban J connectivity index is 0.000000132. The number of benzene rings is 2. The van der Waals surface area contributed by atoms with E-state index in [0.717, 1.165) is 23.9 Å². The lowest BCUT2D eigenvalue weighted by molar-refractivity contribution is -0.141.